The van der Waals surface area contributed by atoms with Gasteiger partial charge in [0.1, 0.15) is 10.7 Å². The van der Waals surface area contributed by atoms with Crippen LogP contribution in [0.2, 0.25) is 0 Å². The van der Waals surface area contributed by atoms with Gasteiger partial charge in [0.05, 0.1) is 22.1 Å². The Morgan fingerprint density at radius 1 is 1.37 bits per heavy atom. The van der Waals surface area contributed by atoms with Crippen LogP contribution in [0, 0.1) is 19.7 Å². The number of benzene rings is 1. The molecule has 0 aliphatic heterocycles. The number of aromatic amines is 1. The molecule has 1 heterocycles. The van der Waals surface area contributed by atoms with E-state index in [9.17, 15) is 12.8 Å². The maximum Gasteiger partial charge on any atom is 0.265 e. The average molecular weight is 348 g/mol. The Morgan fingerprint density at radius 3 is 2.63 bits per heavy atom. The highest BCUT2D eigenvalue weighted by Crippen LogP contribution is 2.26. The Kier molecular flexibility index (Phi) is 3.64. The molecule has 0 aliphatic carbocycles. The summed E-state index contributed by atoms with van der Waals surface area (Å²) in [6, 6.07) is 2.64. The third-order valence-corrected chi connectivity index (χ3v) is 4.67. The monoisotopic (exact) mass is 347 g/mol. The van der Waals surface area contributed by atoms with E-state index in [-0.39, 0.29) is 15.1 Å². The zero-order valence-electron chi connectivity index (χ0n) is 10.2. The molecule has 1 aromatic carbocycles. The van der Waals surface area contributed by atoms with Gasteiger partial charge in [0.2, 0.25) is 0 Å². The maximum absolute atomic E-state index is 13.5. The van der Waals surface area contributed by atoms with E-state index < -0.39 is 15.8 Å². The van der Waals surface area contributed by atoms with Crippen molar-refractivity contribution in [3.63, 3.8) is 0 Å². The molecule has 2 rings (SSSR count). The molecule has 0 fully saturated rings. The number of sulfonamides is 1. The summed E-state index contributed by atoms with van der Waals surface area (Å²) in [7, 11) is -3.78. The van der Waals surface area contributed by atoms with Crippen molar-refractivity contribution in [1.82, 2.24) is 10.2 Å². The number of hydrogen-bond donors (Lipinski definition) is 2. The number of halogens is 2. The summed E-state index contributed by atoms with van der Waals surface area (Å²) in [5.74, 6) is -0.535. The lowest BCUT2D eigenvalue weighted by atomic mass is 10.2. The van der Waals surface area contributed by atoms with E-state index >= 15 is 0 Å². The molecule has 0 saturated heterocycles. The predicted octanol–water partition coefficient (Wildman–Crippen LogP) is 2.73. The summed E-state index contributed by atoms with van der Waals surface area (Å²) >= 11 is 3.04. The van der Waals surface area contributed by atoms with Crippen LogP contribution in [0.25, 0.3) is 0 Å². The van der Waals surface area contributed by atoms with Crippen LogP contribution < -0.4 is 4.72 Å². The van der Waals surface area contributed by atoms with E-state index in [1.165, 1.54) is 12.3 Å². The molecule has 0 radical (unpaired) electrons. The number of rotatable bonds is 3. The Hall–Kier alpha value is -1.41. The minimum absolute atomic E-state index is 0.0372. The van der Waals surface area contributed by atoms with E-state index in [0.717, 1.165) is 6.07 Å². The van der Waals surface area contributed by atoms with Gasteiger partial charge < -0.3 is 0 Å². The van der Waals surface area contributed by atoms with Gasteiger partial charge in [-0.2, -0.15) is 5.10 Å². The molecule has 0 saturated carbocycles. The first-order valence-electron chi connectivity index (χ1n) is 5.29. The highest BCUT2D eigenvalue weighted by molar-refractivity contribution is 9.10. The second kappa shape index (κ2) is 4.93. The Labute approximate surface area is 118 Å². The Morgan fingerprint density at radius 2 is 2.05 bits per heavy atom. The number of nitrogens with zero attached hydrogens (tertiary/aromatic N) is 1. The zero-order valence-corrected chi connectivity index (χ0v) is 12.6. The van der Waals surface area contributed by atoms with Crippen LogP contribution >= 0.6 is 15.9 Å². The molecule has 1 aromatic heterocycles. The van der Waals surface area contributed by atoms with Crippen LogP contribution in [-0.2, 0) is 10.0 Å². The molecule has 0 amide bonds. The SMILES string of the molecule is Cc1cc(Br)c(F)cc1NS(=O)(=O)c1cn[nH]c1C. The second-order valence-corrected chi connectivity index (χ2v) is 6.55. The summed E-state index contributed by atoms with van der Waals surface area (Å²) in [5, 5.41) is 6.20. The summed E-state index contributed by atoms with van der Waals surface area (Å²) in [4.78, 5) is 0.0372. The van der Waals surface area contributed by atoms with Crippen LogP contribution in [-0.4, -0.2) is 18.6 Å². The lowest BCUT2D eigenvalue weighted by Crippen LogP contribution is -2.14. The first kappa shape index (κ1) is 14.0. The van der Waals surface area contributed by atoms with Crippen LogP contribution in [0.5, 0.6) is 0 Å². The highest BCUT2D eigenvalue weighted by Gasteiger charge is 2.20. The van der Waals surface area contributed by atoms with Gasteiger partial charge >= 0.3 is 0 Å². The van der Waals surface area contributed by atoms with Crippen molar-refractivity contribution < 1.29 is 12.8 Å². The largest absolute Gasteiger partial charge is 0.281 e. The molecule has 0 aliphatic rings. The number of anilines is 1. The fraction of sp³-hybridized carbons (Fsp3) is 0.182. The molecule has 8 heteroatoms. The summed E-state index contributed by atoms with van der Waals surface area (Å²) in [6.07, 6.45) is 1.21. The summed E-state index contributed by atoms with van der Waals surface area (Å²) in [6.45, 7) is 3.28. The van der Waals surface area contributed by atoms with Crippen LogP contribution in [0.3, 0.4) is 0 Å². The van der Waals surface area contributed by atoms with Crippen LogP contribution in [0.1, 0.15) is 11.3 Å². The molecular formula is C11H11BrFN3O2S. The molecule has 102 valence electrons. The third-order valence-electron chi connectivity index (χ3n) is 2.58. The van der Waals surface area contributed by atoms with Crippen molar-refractivity contribution in [2.45, 2.75) is 18.7 Å². The van der Waals surface area contributed by atoms with Gasteiger partial charge in [-0.3, -0.25) is 9.82 Å². The van der Waals surface area contributed by atoms with Gasteiger partial charge in [-0.05, 0) is 47.5 Å². The van der Waals surface area contributed by atoms with E-state index in [0.29, 0.717) is 11.3 Å². The van der Waals surface area contributed by atoms with Gasteiger partial charge in [0.15, 0.2) is 0 Å². The molecular weight excluding hydrogens is 337 g/mol. The quantitative estimate of drug-likeness (QED) is 0.896. The van der Waals surface area contributed by atoms with Gasteiger partial charge in [0.25, 0.3) is 10.0 Å². The molecule has 0 bridgehead atoms. The first-order valence-corrected chi connectivity index (χ1v) is 7.57. The second-order valence-electron chi connectivity index (χ2n) is 4.05. The van der Waals surface area contributed by atoms with E-state index in [2.05, 4.69) is 30.8 Å². The first-order chi connectivity index (χ1) is 8.81. The molecule has 2 N–H and O–H groups in total. The lowest BCUT2D eigenvalue weighted by Gasteiger charge is -2.10. The molecule has 2 aromatic rings. The zero-order chi connectivity index (χ0) is 14.2. The topological polar surface area (TPSA) is 74.8 Å². The molecule has 5 nitrogen and oxygen atoms in total. The predicted molar refractivity (Wildman–Crippen MR) is 73.0 cm³/mol. The van der Waals surface area contributed by atoms with Crippen molar-refractivity contribution >= 4 is 31.6 Å². The molecule has 0 atom stereocenters. The molecule has 0 unspecified atom stereocenters. The van der Waals surface area contributed by atoms with Gasteiger partial charge in [-0.25, -0.2) is 12.8 Å². The van der Waals surface area contributed by atoms with E-state index in [1.807, 2.05) is 0 Å². The van der Waals surface area contributed by atoms with E-state index in [4.69, 9.17) is 0 Å². The number of aryl methyl sites for hydroxylation is 2. The summed E-state index contributed by atoms with van der Waals surface area (Å²) in [5.41, 5.74) is 1.22. The fourth-order valence-electron chi connectivity index (χ4n) is 1.57. The van der Waals surface area contributed by atoms with Gasteiger partial charge in [0, 0.05) is 0 Å². The van der Waals surface area contributed by atoms with Crippen molar-refractivity contribution in [2.24, 2.45) is 0 Å². The third kappa shape index (κ3) is 2.79. The Balaban J connectivity index is 2.42. The van der Waals surface area contributed by atoms with E-state index in [1.54, 1.807) is 13.8 Å². The maximum atomic E-state index is 13.5. The summed E-state index contributed by atoms with van der Waals surface area (Å²) < 4.78 is 40.3. The number of hydrogen-bond acceptors (Lipinski definition) is 3. The number of H-pyrrole nitrogens is 1. The minimum Gasteiger partial charge on any atom is -0.281 e. The normalized spacial score (nSPS) is 11.6. The smallest absolute Gasteiger partial charge is 0.265 e. The van der Waals surface area contributed by atoms with Crippen molar-refractivity contribution in [2.75, 3.05) is 4.72 Å². The fourth-order valence-corrected chi connectivity index (χ4v) is 3.28. The lowest BCUT2D eigenvalue weighted by molar-refractivity contribution is 0.600. The van der Waals surface area contributed by atoms with Crippen molar-refractivity contribution in [3.05, 3.63) is 39.9 Å². The van der Waals surface area contributed by atoms with Gasteiger partial charge in [-0.1, -0.05) is 0 Å². The van der Waals surface area contributed by atoms with Crippen molar-refractivity contribution in [3.8, 4) is 0 Å². The number of nitrogens with one attached hydrogen (secondary N) is 2. The highest BCUT2D eigenvalue weighted by atomic mass is 79.9. The Bertz CT molecular complexity index is 728. The number of aromatic nitrogens is 2. The van der Waals surface area contributed by atoms with Crippen LogP contribution in [0.4, 0.5) is 10.1 Å². The minimum atomic E-state index is -3.78. The van der Waals surface area contributed by atoms with Crippen LogP contribution in [0.15, 0.2) is 27.7 Å². The van der Waals surface area contributed by atoms with Crippen molar-refractivity contribution in [1.29, 1.82) is 0 Å². The standard InChI is InChI=1S/C11H11BrFN3O2S/c1-6-3-8(12)9(13)4-10(6)16-19(17,18)11-5-14-15-7(11)2/h3-5,16H,1-2H3,(H,14,15). The average Bonchev–Trinajstić information content (AvgIpc) is 2.73. The molecule has 0 spiro atoms. The molecule has 19 heavy (non-hydrogen) atoms. The van der Waals surface area contributed by atoms with Gasteiger partial charge in [-0.15, -0.1) is 0 Å².